The number of carbonyl (C=O) groups excluding carboxylic acids is 2. The van der Waals surface area contributed by atoms with E-state index in [9.17, 15) is 19.8 Å². The van der Waals surface area contributed by atoms with Crippen molar-refractivity contribution in [2.45, 2.75) is 386 Å². The lowest BCUT2D eigenvalue weighted by atomic mass is 10.0. The Labute approximate surface area is 462 Å². The van der Waals surface area contributed by atoms with Crippen molar-refractivity contribution in [3.8, 4) is 0 Å². The fourth-order valence-corrected chi connectivity index (χ4v) is 10.6. The van der Waals surface area contributed by atoms with Crippen LogP contribution >= 0.6 is 0 Å². The van der Waals surface area contributed by atoms with Gasteiger partial charge in [-0.2, -0.15) is 0 Å². The minimum absolute atomic E-state index is 0.0140. The first kappa shape index (κ1) is 72.3. The van der Waals surface area contributed by atoms with E-state index < -0.39 is 12.1 Å². The molecule has 0 aliphatic carbocycles. The number of rotatable bonds is 63. The highest BCUT2D eigenvalue weighted by Gasteiger charge is 2.18. The lowest BCUT2D eigenvalue weighted by Crippen LogP contribution is -2.45. The van der Waals surface area contributed by atoms with Gasteiger partial charge < -0.3 is 20.3 Å². The molecule has 0 fully saturated rings. The van der Waals surface area contributed by atoms with Gasteiger partial charge in [0, 0.05) is 12.8 Å². The van der Waals surface area contributed by atoms with Crippen molar-refractivity contribution in [1.82, 2.24) is 5.32 Å². The van der Waals surface area contributed by atoms with Crippen molar-refractivity contribution < 1.29 is 24.5 Å². The Balaban J connectivity index is 3.35. The molecule has 3 N–H and O–H groups in total. The Morgan fingerprint density at radius 3 is 0.959 bits per heavy atom. The van der Waals surface area contributed by atoms with E-state index in [4.69, 9.17) is 4.74 Å². The number of nitrogens with one attached hydrogen (secondary N) is 1. The molecule has 1 amide bonds. The zero-order chi connectivity index (χ0) is 53.6. The molecule has 0 bridgehead atoms. The molecule has 0 aromatic rings. The van der Waals surface area contributed by atoms with Crippen molar-refractivity contribution in [3.63, 3.8) is 0 Å². The number of hydrogen-bond acceptors (Lipinski definition) is 5. The second-order valence-electron chi connectivity index (χ2n) is 23.2. The van der Waals surface area contributed by atoms with Crippen molar-refractivity contribution in [2.24, 2.45) is 0 Å². The highest BCUT2D eigenvalue weighted by molar-refractivity contribution is 5.76. The lowest BCUT2D eigenvalue weighted by molar-refractivity contribution is -0.143. The molecule has 0 saturated heterocycles. The summed E-state index contributed by atoms with van der Waals surface area (Å²) in [6, 6.07) is -0.625. The summed E-state index contributed by atoms with van der Waals surface area (Å²) in [6.07, 6.45) is 79.6. The summed E-state index contributed by atoms with van der Waals surface area (Å²) in [5.41, 5.74) is 0. The van der Waals surface area contributed by atoms with Gasteiger partial charge in [-0.15, -0.1) is 0 Å². The second kappa shape index (κ2) is 63.9. The maximum absolute atomic E-state index is 12.5. The summed E-state index contributed by atoms with van der Waals surface area (Å²) < 4.78 is 5.50. The van der Waals surface area contributed by atoms with Crippen LogP contribution in [0.15, 0.2) is 24.3 Å². The molecule has 6 heteroatoms. The molecule has 0 heterocycles. The van der Waals surface area contributed by atoms with Gasteiger partial charge in [-0.05, 0) is 57.8 Å². The fourth-order valence-electron chi connectivity index (χ4n) is 10.6. The van der Waals surface area contributed by atoms with Gasteiger partial charge in [0.25, 0.3) is 0 Å². The Morgan fingerprint density at radius 2 is 0.635 bits per heavy atom. The number of ether oxygens (including phenoxy) is 1. The van der Waals surface area contributed by atoms with Crippen LogP contribution in [0.5, 0.6) is 0 Å². The third-order valence-electron chi connectivity index (χ3n) is 15.7. The minimum Gasteiger partial charge on any atom is -0.466 e. The number of carbonyl (C=O) groups is 2. The topological polar surface area (TPSA) is 95.9 Å². The van der Waals surface area contributed by atoms with Crippen molar-refractivity contribution in [3.05, 3.63) is 24.3 Å². The summed E-state index contributed by atoms with van der Waals surface area (Å²) in [4.78, 5) is 24.6. The number of allylic oxidation sites excluding steroid dienone is 3. The number of esters is 1. The average molecular weight is 1040 g/mol. The summed E-state index contributed by atoms with van der Waals surface area (Å²) >= 11 is 0. The third kappa shape index (κ3) is 59.6. The maximum atomic E-state index is 12.5. The van der Waals surface area contributed by atoms with E-state index in [1.165, 1.54) is 302 Å². The molecule has 0 aromatic carbocycles. The van der Waals surface area contributed by atoms with Gasteiger partial charge in [0.15, 0.2) is 0 Å². The molecule has 0 radical (unpaired) electrons. The molecule has 6 nitrogen and oxygen atoms in total. The standard InChI is InChI=1S/C68H131NO5/c1-3-5-7-9-11-13-15-17-19-30-34-38-42-46-50-54-58-62-68(73)74-63-59-55-51-47-43-39-35-32-29-27-25-23-21-20-22-24-26-28-31-33-37-41-45-49-53-57-61-67(72)69-65(64-70)66(71)60-56-52-48-44-40-36-18-16-14-12-10-8-6-4-2/h17,19,56,60,65-66,70-71H,3-16,18,20-55,57-59,61-64H2,1-2H3,(H,69,72)/b19-17-,60-56+. The van der Waals surface area contributed by atoms with Crippen LogP contribution in [0, 0.1) is 0 Å². The largest absolute Gasteiger partial charge is 0.466 e. The lowest BCUT2D eigenvalue weighted by Gasteiger charge is -2.20. The van der Waals surface area contributed by atoms with Gasteiger partial charge in [-0.25, -0.2) is 0 Å². The van der Waals surface area contributed by atoms with E-state index >= 15 is 0 Å². The summed E-state index contributed by atoms with van der Waals surface area (Å²) in [5, 5.41) is 23.1. The predicted octanol–water partition coefficient (Wildman–Crippen LogP) is 21.4. The molecule has 0 spiro atoms. The molecular weight excluding hydrogens is 911 g/mol. The minimum atomic E-state index is -0.842. The number of unbranched alkanes of at least 4 members (excludes halogenated alkanes) is 50. The van der Waals surface area contributed by atoms with Gasteiger partial charge in [0.05, 0.1) is 25.4 Å². The number of amides is 1. The van der Waals surface area contributed by atoms with E-state index in [2.05, 4.69) is 31.3 Å². The van der Waals surface area contributed by atoms with E-state index in [-0.39, 0.29) is 18.5 Å². The van der Waals surface area contributed by atoms with Crippen LogP contribution in [0.25, 0.3) is 0 Å². The van der Waals surface area contributed by atoms with Crippen molar-refractivity contribution in [1.29, 1.82) is 0 Å². The molecule has 0 rings (SSSR count). The quantitative estimate of drug-likeness (QED) is 0.0320. The molecule has 0 aliphatic rings. The molecule has 2 unspecified atom stereocenters. The smallest absolute Gasteiger partial charge is 0.305 e. The van der Waals surface area contributed by atoms with Crippen LogP contribution < -0.4 is 5.32 Å². The normalized spacial score (nSPS) is 12.6. The molecule has 0 saturated carbocycles. The van der Waals surface area contributed by atoms with Gasteiger partial charge in [-0.3, -0.25) is 9.59 Å². The van der Waals surface area contributed by atoms with Crippen LogP contribution in [0.4, 0.5) is 0 Å². The zero-order valence-corrected chi connectivity index (χ0v) is 50.1. The van der Waals surface area contributed by atoms with Crippen LogP contribution in [-0.4, -0.2) is 47.4 Å². The number of aliphatic hydroxyl groups is 2. The van der Waals surface area contributed by atoms with Gasteiger partial charge >= 0.3 is 5.97 Å². The Morgan fingerprint density at radius 1 is 0.365 bits per heavy atom. The SMILES string of the molecule is CCCCCCCC/C=C\CCCCCCCCCC(=O)OCCCCCCCCCCCCCCCCCCCCCCCCCCCCC(=O)NC(CO)C(O)/C=C/CCCCCCCCCCCCCC. The van der Waals surface area contributed by atoms with Gasteiger partial charge in [-0.1, -0.05) is 327 Å². The van der Waals surface area contributed by atoms with Crippen LogP contribution in [-0.2, 0) is 14.3 Å². The van der Waals surface area contributed by atoms with Gasteiger partial charge in [0.1, 0.15) is 0 Å². The molecular formula is C68H131NO5. The summed E-state index contributed by atoms with van der Waals surface area (Å²) in [7, 11) is 0. The molecule has 438 valence electrons. The molecule has 0 aliphatic heterocycles. The monoisotopic (exact) mass is 1040 g/mol. The zero-order valence-electron chi connectivity index (χ0n) is 50.1. The molecule has 0 aromatic heterocycles. The highest BCUT2D eigenvalue weighted by atomic mass is 16.5. The number of hydrogen-bond donors (Lipinski definition) is 3. The first-order valence-electron chi connectivity index (χ1n) is 33.6. The second-order valence-corrected chi connectivity index (χ2v) is 23.2. The van der Waals surface area contributed by atoms with Crippen molar-refractivity contribution >= 4 is 11.9 Å². The van der Waals surface area contributed by atoms with Crippen molar-refractivity contribution in [2.75, 3.05) is 13.2 Å². The van der Waals surface area contributed by atoms with E-state index in [1.807, 2.05) is 6.08 Å². The fraction of sp³-hybridized carbons (Fsp3) is 0.912. The summed E-state index contributed by atoms with van der Waals surface area (Å²) in [5.74, 6) is -0.0499. The van der Waals surface area contributed by atoms with Crippen LogP contribution in [0.2, 0.25) is 0 Å². The first-order valence-corrected chi connectivity index (χ1v) is 33.6. The van der Waals surface area contributed by atoms with Crippen LogP contribution in [0.1, 0.15) is 373 Å². The Hall–Kier alpha value is -1.66. The summed E-state index contributed by atoms with van der Waals surface area (Å²) in [6.45, 7) is 4.92. The Bertz CT molecular complexity index is 1150. The van der Waals surface area contributed by atoms with E-state index in [1.54, 1.807) is 6.08 Å². The average Bonchev–Trinajstić information content (AvgIpc) is 3.40. The van der Waals surface area contributed by atoms with Gasteiger partial charge in [0.2, 0.25) is 5.91 Å². The third-order valence-corrected chi connectivity index (χ3v) is 15.7. The van der Waals surface area contributed by atoms with E-state index in [0.29, 0.717) is 19.4 Å². The highest BCUT2D eigenvalue weighted by Crippen LogP contribution is 2.18. The number of aliphatic hydroxyl groups excluding tert-OH is 2. The van der Waals surface area contributed by atoms with Crippen LogP contribution in [0.3, 0.4) is 0 Å². The Kier molecular flexibility index (Phi) is 62.4. The maximum Gasteiger partial charge on any atom is 0.305 e. The first-order chi connectivity index (χ1) is 36.5. The molecule has 2 atom stereocenters. The predicted molar refractivity (Wildman–Crippen MR) is 324 cm³/mol. The molecule has 74 heavy (non-hydrogen) atoms. The van der Waals surface area contributed by atoms with E-state index in [0.717, 1.165) is 44.9 Å².